The van der Waals surface area contributed by atoms with Crippen molar-refractivity contribution in [3.8, 4) is 0 Å². The molecule has 0 spiro atoms. The van der Waals surface area contributed by atoms with Crippen molar-refractivity contribution in [3.63, 3.8) is 0 Å². The monoisotopic (exact) mass is 268 g/mol. The third kappa shape index (κ3) is 3.68. The Kier molecular flexibility index (Phi) is 4.11. The predicted octanol–water partition coefficient (Wildman–Crippen LogP) is 2.49. The summed E-state index contributed by atoms with van der Waals surface area (Å²) in [5, 5.41) is 12.7. The smallest absolute Gasteiger partial charge is 0.266 e. The van der Waals surface area contributed by atoms with E-state index in [1.165, 1.54) is 12.1 Å². The summed E-state index contributed by atoms with van der Waals surface area (Å²) in [6, 6.07) is 6.08. The van der Waals surface area contributed by atoms with Gasteiger partial charge in [0.2, 0.25) is 0 Å². The van der Waals surface area contributed by atoms with Crippen LogP contribution in [0.3, 0.4) is 0 Å². The van der Waals surface area contributed by atoms with Gasteiger partial charge in [-0.2, -0.15) is 0 Å². The molecule has 2 rings (SSSR count). The molecule has 4 nitrogen and oxygen atoms in total. The lowest BCUT2D eigenvalue weighted by atomic mass is 10.2. The third-order valence-electron chi connectivity index (χ3n) is 2.38. The van der Waals surface area contributed by atoms with E-state index in [0.717, 1.165) is 0 Å². The number of H-pyrrole nitrogens is 1. The minimum Gasteiger partial charge on any atom is -0.435 e. The molecule has 1 heterocycles. The normalized spacial score (nSPS) is 12.3. The Morgan fingerprint density at radius 2 is 2.33 bits per heavy atom. The van der Waals surface area contributed by atoms with Gasteiger partial charge >= 0.3 is 0 Å². The Labute approximate surface area is 108 Å². The maximum atomic E-state index is 12.9. The maximum Gasteiger partial charge on any atom is 0.266 e. The molecule has 1 aromatic carbocycles. The highest BCUT2D eigenvalue weighted by atomic mass is 32.1. The topological polar surface area (TPSA) is 61.2 Å². The molecular formula is C12H13FN2O2S. The zero-order valence-electron chi connectivity index (χ0n) is 9.52. The van der Waals surface area contributed by atoms with Gasteiger partial charge in [0.1, 0.15) is 11.6 Å². The van der Waals surface area contributed by atoms with Crippen LogP contribution in [-0.4, -0.2) is 22.7 Å². The van der Waals surface area contributed by atoms with E-state index in [0.29, 0.717) is 24.4 Å². The fourth-order valence-electron chi connectivity index (χ4n) is 1.56. The summed E-state index contributed by atoms with van der Waals surface area (Å²) in [7, 11) is 0. The second-order valence-electron chi connectivity index (χ2n) is 3.89. The van der Waals surface area contributed by atoms with Crippen LogP contribution >= 0.6 is 12.2 Å². The minimum atomic E-state index is -0.637. The van der Waals surface area contributed by atoms with Crippen molar-refractivity contribution >= 4 is 17.9 Å². The first-order valence-electron chi connectivity index (χ1n) is 5.48. The average Bonchev–Trinajstić information content (AvgIpc) is 2.72. The van der Waals surface area contributed by atoms with Crippen molar-refractivity contribution in [2.45, 2.75) is 12.5 Å². The number of hydrogen-bond donors (Lipinski definition) is 3. The lowest BCUT2D eigenvalue weighted by molar-refractivity contribution is 0.180. The molecule has 0 bridgehead atoms. The van der Waals surface area contributed by atoms with Gasteiger partial charge in [0.05, 0.1) is 6.10 Å². The van der Waals surface area contributed by atoms with Crippen LogP contribution in [0.4, 0.5) is 10.1 Å². The van der Waals surface area contributed by atoms with Crippen LogP contribution in [0.1, 0.15) is 5.76 Å². The first kappa shape index (κ1) is 12.8. The molecule has 96 valence electrons. The molecule has 0 saturated heterocycles. The summed E-state index contributed by atoms with van der Waals surface area (Å²) in [6.07, 6.45) is 1.32. The van der Waals surface area contributed by atoms with Crippen molar-refractivity contribution < 1.29 is 13.9 Å². The molecule has 0 aliphatic heterocycles. The number of aromatic nitrogens is 1. The summed E-state index contributed by atoms with van der Waals surface area (Å²) in [5.41, 5.74) is 0.629. The number of hydrogen-bond acceptors (Lipinski definition) is 4. The van der Waals surface area contributed by atoms with E-state index in [-0.39, 0.29) is 10.7 Å². The van der Waals surface area contributed by atoms with Crippen LogP contribution in [-0.2, 0) is 6.42 Å². The zero-order valence-corrected chi connectivity index (χ0v) is 10.3. The van der Waals surface area contributed by atoms with E-state index >= 15 is 0 Å². The molecule has 0 aliphatic rings. The molecule has 1 aromatic heterocycles. The number of rotatable bonds is 5. The molecule has 0 aliphatic carbocycles. The second kappa shape index (κ2) is 5.79. The molecule has 0 radical (unpaired) electrons. The Hall–Kier alpha value is -1.66. The zero-order chi connectivity index (χ0) is 13.0. The minimum absolute atomic E-state index is 0.287. The SMILES string of the molecule is OC(CNc1cccc(F)c1)Cc1c[nH]c(=S)o1. The van der Waals surface area contributed by atoms with E-state index in [2.05, 4.69) is 10.3 Å². The number of oxazole rings is 1. The Bertz CT molecular complexity index is 567. The van der Waals surface area contributed by atoms with Crippen molar-refractivity contribution in [1.82, 2.24) is 4.98 Å². The lowest BCUT2D eigenvalue weighted by Gasteiger charge is -2.11. The van der Waals surface area contributed by atoms with Gasteiger partial charge in [0.25, 0.3) is 4.84 Å². The number of aliphatic hydroxyl groups is 1. The molecule has 18 heavy (non-hydrogen) atoms. The van der Waals surface area contributed by atoms with Gasteiger partial charge in [-0.1, -0.05) is 6.07 Å². The standard InChI is InChI=1S/C12H13FN2O2S/c13-8-2-1-3-9(4-8)14-6-10(16)5-11-7-15-12(18)17-11/h1-4,7,10,14,16H,5-6H2,(H,15,18). The quantitative estimate of drug-likeness (QED) is 0.729. The van der Waals surface area contributed by atoms with Gasteiger partial charge in [0, 0.05) is 24.8 Å². The predicted molar refractivity (Wildman–Crippen MR) is 68.5 cm³/mol. The number of halogens is 1. The Balaban J connectivity index is 1.85. The summed E-state index contributed by atoms with van der Waals surface area (Å²) in [4.78, 5) is 3.01. The molecule has 0 saturated carbocycles. The molecular weight excluding hydrogens is 255 g/mol. The Morgan fingerprint density at radius 1 is 1.50 bits per heavy atom. The molecule has 0 fully saturated rings. The van der Waals surface area contributed by atoms with Crippen LogP contribution < -0.4 is 5.32 Å². The fourth-order valence-corrected chi connectivity index (χ4v) is 1.72. The van der Waals surface area contributed by atoms with Gasteiger partial charge in [-0.3, -0.25) is 0 Å². The number of benzene rings is 1. The summed E-state index contributed by atoms with van der Waals surface area (Å²) in [5.74, 6) is 0.277. The highest BCUT2D eigenvalue weighted by molar-refractivity contribution is 7.71. The number of nitrogens with one attached hydrogen (secondary N) is 2. The number of aromatic amines is 1. The van der Waals surface area contributed by atoms with Crippen LogP contribution in [0.15, 0.2) is 34.9 Å². The van der Waals surface area contributed by atoms with E-state index in [1.807, 2.05) is 0 Å². The fraction of sp³-hybridized carbons (Fsp3) is 0.250. The van der Waals surface area contributed by atoms with Crippen molar-refractivity contribution in [3.05, 3.63) is 46.9 Å². The van der Waals surface area contributed by atoms with Gasteiger partial charge in [-0.25, -0.2) is 4.39 Å². The van der Waals surface area contributed by atoms with Crippen LogP contribution in [0.25, 0.3) is 0 Å². The summed E-state index contributed by atoms with van der Waals surface area (Å²) < 4.78 is 18.0. The van der Waals surface area contributed by atoms with Crippen LogP contribution in [0.5, 0.6) is 0 Å². The van der Waals surface area contributed by atoms with Crippen LogP contribution in [0, 0.1) is 10.7 Å². The maximum absolute atomic E-state index is 12.9. The molecule has 2 aromatic rings. The van der Waals surface area contributed by atoms with Crippen molar-refractivity contribution in [2.24, 2.45) is 0 Å². The van der Waals surface area contributed by atoms with E-state index in [1.54, 1.807) is 18.3 Å². The molecule has 3 N–H and O–H groups in total. The van der Waals surface area contributed by atoms with Gasteiger partial charge in [0.15, 0.2) is 0 Å². The largest absolute Gasteiger partial charge is 0.435 e. The number of anilines is 1. The van der Waals surface area contributed by atoms with Crippen molar-refractivity contribution in [2.75, 3.05) is 11.9 Å². The number of aliphatic hydroxyl groups excluding tert-OH is 1. The van der Waals surface area contributed by atoms with Crippen LogP contribution in [0.2, 0.25) is 0 Å². The first-order valence-corrected chi connectivity index (χ1v) is 5.89. The summed E-state index contributed by atoms with van der Waals surface area (Å²) in [6.45, 7) is 0.302. The van der Waals surface area contributed by atoms with Gasteiger partial charge in [-0.15, -0.1) is 0 Å². The van der Waals surface area contributed by atoms with Gasteiger partial charge in [-0.05, 0) is 30.4 Å². The average molecular weight is 268 g/mol. The first-order chi connectivity index (χ1) is 8.63. The van der Waals surface area contributed by atoms with Crippen molar-refractivity contribution in [1.29, 1.82) is 0 Å². The van der Waals surface area contributed by atoms with E-state index < -0.39 is 6.10 Å². The molecule has 1 atom stereocenters. The van der Waals surface area contributed by atoms with Gasteiger partial charge < -0.3 is 19.8 Å². The third-order valence-corrected chi connectivity index (χ3v) is 2.58. The summed E-state index contributed by atoms with van der Waals surface area (Å²) >= 11 is 4.78. The molecule has 1 unspecified atom stereocenters. The van der Waals surface area contributed by atoms with E-state index in [9.17, 15) is 9.50 Å². The lowest BCUT2D eigenvalue weighted by Crippen LogP contribution is -2.21. The molecule has 0 amide bonds. The Morgan fingerprint density at radius 3 is 3.00 bits per heavy atom. The second-order valence-corrected chi connectivity index (χ2v) is 4.26. The molecule has 6 heteroatoms. The van der Waals surface area contributed by atoms with E-state index in [4.69, 9.17) is 16.6 Å². The highest BCUT2D eigenvalue weighted by Crippen LogP contribution is 2.10. The highest BCUT2D eigenvalue weighted by Gasteiger charge is 2.08.